The smallest absolute Gasteiger partial charge is 0.410 e. The van der Waals surface area contributed by atoms with Crippen LogP contribution in [-0.2, 0) is 90.8 Å². The van der Waals surface area contributed by atoms with Gasteiger partial charge in [0.1, 0.15) is 37.6 Å². The number of aliphatic carboxylic acids is 1. The van der Waals surface area contributed by atoms with Crippen LogP contribution in [0.2, 0.25) is 0 Å². The summed E-state index contributed by atoms with van der Waals surface area (Å²) in [6.07, 6.45) is -10.3. The average molecular weight is 1240 g/mol. The summed E-state index contributed by atoms with van der Waals surface area (Å²) < 4.78 is 46.8. The Morgan fingerprint density at radius 3 is 2.20 bits per heavy atom. The van der Waals surface area contributed by atoms with E-state index < -0.39 is 145 Å². The van der Waals surface area contributed by atoms with Crippen molar-refractivity contribution in [2.75, 3.05) is 31.5 Å². The number of pyridine rings is 2. The van der Waals surface area contributed by atoms with Gasteiger partial charge < -0.3 is 86.8 Å². The molecule has 3 aliphatic rings. The molecule has 1 fully saturated rings. The number of rotatable bonds is 24. The molecular formula is C59H66F2N10O18. The zero-order valence-electron chi connectivity index (χ0n) is 48.3. The maximum Gasteiger partial charge on any atom is 0.410 e. The molecule has 0 saturated carbocycles. The van der Waals surface area contributed by atoms with Crippen LogP contribution in [0.15, 0.2) is 77.6 Å². The predicted octanol–water partition coefficient (Wildman–Crippen LogP) is -0.922. The van der Waals surface area contributed by atoms with Gasteiger partial charge in [-0.2, -0.15) is 0 Å². The maximum atomic E-state index is 14.9. The Hall–Kier alpha value is -9.33. The molecule has 30 heteroatoms. The van der Waals surface area contributed by atoms with E-state index in [9.17, 15) is 82.3 Å². The number of ether oxygens (including phenoxy) is 3. The van der Waals surface area contributed by atoms with E-state index in [0.29, 0.717) is 27.9 Å². The third-order valence-corrected chi connectivity index (χ3v) is 15.2. The molecule has 3 aromatic carbocycles. The molecule has 7 amide bonds. The Labute approximate surface area is 505 Å². The van der Waals surface area contributed by atoms with Gasteiger partial charge in [0.2, 0.25) is 35.4 Å². The van der Waals surface area contributed by atoms with E-state index in [2.05, 4.69) is 36.9 Å². The van der Waals surface area contributed by atoms with Crippen LogP contribution in [0.25, 0.3) is 22.3 Å². The lowest BCUT2D eigenvalue weighted by Gasteiger charge is -2.38. The fraction of sp³-hybridized carbons (Fsp3) is 0.407. The second-order valence-corrected chi connectivity index (χ2v) is 21.9. The summed E-state index contributed by atoms with van der Waals surface area (Å²) >= 11 is 0. The van der Waals surface area contributed by atoms with Gasteiger partial charge in [0, 0.05) is 53.7 Å². The fourth-order valence-corrected chi connectivity index (χ4v) is 10.3. The van der Waals surface area contributed by atoms with Crippen LogP contribution in [0, 0.1) is 11.6 Å². The van der Waals surface area contributed by atoms with Crippen molar-refractivity contribution in [3.63, 3.8) is 0 Å². The molecule has 5 heterocycles. The summed E-state index contributed by atoms with van der Waals surface area (Å²) in [5.41, 5.74) is 6.39. The molecule has 89 heavy (non-hydrogen) atoms. The number of fused-ring (bicyclic) bond motifs is 5. The highest BCUT2D eigenvalue weighted by Gasteiger charge is 2.48. The minimum atomic E-state index is -2.14. The molecule has 0 radical (unpaired) electrons. The lowest BCUT2D eigenvalue weighted by molar-refractivity contribution is -0.233. The number of amides is 7. The zero-order valence-corrected chi connectivity index (χ0v) is 48.3. The summed E-state index contributed by atoms with van der Waals surface area (Å²) in [6, 6.07) is 15.4. The minimum Gasteiger partial charge on any atom is -0.479 e. The fourth-order valence-electron chi connectivity index (χ4n) is 10.3. The highest BCUT2D eigenvalue weighted by atomic mass is 19.2. The van der Waals surface area contributed by atoms with Gasteiger partial charge in [-0.15, -0.1) is 0 Å². The van der Waals surface area contributed by atoms with Crippen LogP contribution in [-0.4, -0.2) is 168 Å². The summed E-state index contributed by atoms with van der Waals surface area (Å²) in [6.45, 7) is 2.39. The first-order valence-corrected chi connectivity index (χ1v) is 28.1. The number of carboxylic acids is 1. The van der Waals surface area contributed by atoms with Crippen LogP contribution in [0.3, 0.4) is 0 Å². The molecule has 8 atom stereocenters. The molecule has 0 spiro atoms. The number of aliphatic hydroxyl groups excluding tert-OH is 3. The highest BCUT2D eigenvalue weighted by Crippen LogP contribution is 2.40. The lowest BCUT2D eigenvalue weighted by Crippen LogP contribution is -2.64. The Balaban J connectivity index is 0.784. The summed E-state index contributed by atoms with van der Waals surface area (Å²) in [7, 11) is 0. The van der Waals surface area contributed by atoms with Crippen molar-refractivity contribution >= 4 is 70.1 Å². The first-order valence-electron chi connectivity index (χ1n) is 28.1. The number of nitrogens with two attached hydrogens (primary N) is 1. The number of aromatic nitrogens is 2. The number of benzene rings is 3. The second-order valence-electron chi connectivity index (χ2n) is 21.9. The van der Waals surface area contributed by atoms with E-state index in [1.807, 2.05) is 0 Å². The van der Waals surface area contributed by atoms with E-state index in [-0.39, 0.29) is 91.8 Å². The van der Waals surface area contributed by atoms with Crippen molar-refractivity contribution in [3.05, 3.63) is 128 Å². The number of esters is 1. The van der Waals surface area contributed by atoms with Crippen LogP contribution in [0.5, 0.6) is 0 Å². The van der Waals surface area contributed by atoms with E-state index >= 15 is 0 Å². The van der Waals surface area contributed by atoms with Gasteiger partial charge in [-0.25, -0.2) is 28.1 Å². The number of nitrogens with one attached hydrogen (secondary N) is 6. The SMILES string of the molecule is CC(C)N(CCc1c2c(nc3cc(F)c(F)cc13)-c1cc3c(c(=O)n1C2)COC(=O)[C@@]3(C)O)C(=O)OCc1ccc(NC(=O)CNC(=O)[C@H](Cc2ccccc2)NC(=O)CNC(=O)CNC(=O)[C@@H](N)CCCC(=O)N[C@H]2O[C@H](C(=O)O)[C@@H](O)[C@H](O)[C@H]2O)cc1. The quantitative estimate of drug-likeness (QED) is 0.0326. The minimum absolute atomic E-state index is 0.00724. The lowest BCUT2D eigenvalue weighted by atomic mass is 9.89. The molecule has 8 rings (SSSR count). The zero-order chi connectivity index (χ0) is 64.6. The number of carbonyl (C=O) groups excluding carboxylic acids is 8. The van der Waals surface area contributed by atoms with Crippen LogP contribution in [0.4, 0.5) is 19.3 Å². The monoisotopic (exact) mass is 1240 g/mol. The van der Waals surface area contributed by atoms with Crippen molar-refractivity contribution < 1.29 is 91.7 Å². The Bertz CT molecular complexity index is 3630. The largest absolute Gasteiger partial charge is 0.479 e. The van der Waals surface area contributed by atoms with Crippen molar-refractivity contribution in [2.24, 2.45) is 5.73 Å². The summed E-state index contributed by atoms with van der Waals surface area (Å²) in [4.78, 5) is 135. The van der Waals surface area contributed by atoms with Gasteiger partial charge >= 0.3 is 18.0 Å². The van der Waals surface area contributed by atoms with Gasteiger partial charge in [-0.3, -0.25) is 33.6 Å². The van der Waals surface area contributed by atoms with Crippen molar-refractivity contribution in [1.29, 1.82) is 0 Å². The van der Waals surface area contributed by atoms with Gasteiger partial charge in [0.15, 0.2) is 29.6 Å². The van der Waals surface area contributed by atoms with Crippen molar-refractivity contribution in [2.45, 2.75) is 127 Å². The number of carboxylic acid groups (broad SMARTS) is 1. The molecule has 0 aliphatic carbocycles. The van der Waals surface area contributed by atoms with Gasteiger partial charge in [-0.1, -0.05) is 42.5 Å². The van der Waals surface area contributed by atoms with Crippen LogP contribution in [0.1, 0.15) is 73.4 Å². The van der Waals surface area contributed by atoms with E-state index in [1.54, 1.807) is 56.3 Å². The summed E-state index contributed by atoms with van der Waals surface area (Å²) in [5.74, 6) is -9.39. The third kappa shape index (κ3) is 15.5. The van der Waals surface area contributed by atoms with Gasteiger partial charge in [0.05, 0.1) is 54.7 Å². The molecule has 2 aromatic heterocycles. The predicted molar refractivity (Wildman–Crippen MR) is 306 cm³/mol. The van der Waals surface area contributed by atoms with Crippen molar-refractivity contribution in [3.8, 4) is 11.4 Å². The van der Waals surface area contributed by atoms with Crippen molar-refractivity contribution in [1.82, 2.24) is 41.0 Å². The Kier molecular flexibility index (Phi) is 20.8. The molecule has 1 saturated heterocycles. The van der Waals surface area contributed by atoms with Gasteiger partial charge in [-0.05, 0) is 81.0 Å². The van der Waals surface area contributed by atoms with Crippen LogP contribution >= 0.6 is 0 Å². The third-order valence-electron chi connectivity index (χ3n) is 15.2. The van der Waals surface area contributed by atoms with E-state index in [0.717, 1.165) is 12.1 Å². The number of aliphatic hydroxyl groups is 4. The number of cyclic esters (lactones) is 1. The molecule has 5 aromatic rings. The maximum absolute atomic E-state index is 14.9. The van der Waals surface area contributed by atoms with E-state index in [1.165, 1.54) is 34.6 Å². The van der Waals surface area contributed by atoms with Gasteiger partial charge in [0.25, 0.3) is 5.56 Å². The first-order chi connectivity index (χ1) is 42.2. The molecule has 13 N–H and O–H groups in total. The normalized spacial score (nSPS) is 19.7. The molecule has 3 aliphatic heterocycles. The molecule has 0 unspecified atom stereocenters. The highest BCUT2D eigenvalue weighted by molar-refractivity contribution is 5.97. The number of nitrogens with zero attached hydrogens (tertiary/aromatic N) is 3. The molecule has 28 nitrogen and oxygen atoms in total. The molecule has 0 bridgehead atoms. The number of carbonyl (C=O) groups is 9. The Morgan fingerprint density at radius 2 is 1.51 bits per heavy atom. The number of halogens is 2. The number of hydrogen-bond acceptors (Lipinski definition) is 19. The summed E-state index contributed by atoms with van der Waals surface area (Å²) in [5, 5.41) is 64.9. The standard InChI is InChI=1S/C59H66F2N10O18/c1-28(2)70(17-16-32-33-19-37(60)38(61)21-40(33)68-47-34(32)25-71-42(47)20-36-35(55(71)81)27-87-57(84)59(36,3)86)58(85)88-26-30-12-14-31(15-13-30)66-45(74)24-65-53(80)41(18-29-8-5-4-6-9-29)67-46(75)23-63-44(73)22-64-52(79)39(62)10-7-11-43(72)69-54-50(78)48(76)49(77)51(89-54)56(82)83/h4-6,8-9,12-15,19-21,28,39,41,48-51,54,76-78,86H,7,10-11,16-18,22-27,62H2,1-3H3,(H,63,73)(H,64,79)(H,65,80)(H,66,74)(H,67,75)(H,69,72)(H,82,83)/t39-,41-,48-,49-,50+,51-,54-,59-/m0/s1. The Morgan fingerprint density at radius 1 is 0.831 bits per heavy atom. The first kappa shape index (κ1) is 65.6. The van der Waals surface area contributed by atoms with E-state index in [4.69, 9.17) is 19.9 Å². The molecule has 474 valence electrons. The second kappa shape index (κ2) is 28.2. The van der Waals surface area contributed by atoms with Crippen LogP contribution < -0.4 is 43.2 Å². The topological polar surface area (TPSA) is 419 Å². The molecular weight excluding hydrogens is 1170 g/mol. The number of hydrogen-bond donors (Lipinski definition) is 12. The number of anilines is 1. The average Bonchev–Trinajstić information content (AvgIpc) is 1.66.